The molecule has 0 radical (unpaired) electrons. The van der Waals surface area contributed by atoms with Crippen LogP contribution in [-0.2, 0) is 15.6 Å². The van der Waals surface area contributed by atoms with Crippen LogP contribution in [0.1, 0.15) is 27.2 Å². The van der Waals surface area contributed by atoms with E-state index in [-0.39, 0.29) is 11.9 Å². The van der Waals surface area contributed by atoms with Crippen molar-refractivity contribution < 1.29 is 9.00 Å². The summed E-state index contributed by atoms with van der Waals surface area (Å²) in [4.78, 5) is 11.6. The molecule has 3 unspecified atom stereocenters. The minimum absolute atomic E-state index is 0.0947. The van der Waals surface area contributed by atoms with Gasteiger partial charge in [-0.3, -0.25) is 9.00 Å². The van der Waals surface area contributed by atoms with E-state index in [0.717, 1.165) is 0 Å². The van der Waals surface area contributed by atoms with Gasteiger partial charge < -0.3 is 11.1 Å². The Hall–Kier alpha value is -0.420. The van der Waals surface area contributed by atoms with Gasteiger partial charge in [0.25, 0.3) is 0 Å². The smallest absolute Gasteiger partial charge is 0.240 e. The van der Waals surface area contributed by atoms with Crippen LogP contribution < -0.4 is 11.1 Å². The molecule has 0 rings (SSSR count). The number of carbonyl (C=O) groups excluding carboxylic acids is 1. The van der Waals surface area contributed by atoms with Crippen molar-refractivity contribution in [3.05, 3.63) is 0 Å². The SMILES string of the molecule is CCC(C)(N)C(=O)NC(C)CS(C)=O. The Balaban J connectivity index is 4.12. The molecule has 3 atom stereocenters. The Kier molecular flexibility index (Phi) is 5.29. The monoisotopic (exact) mass is 220 g/mol. The van der Waals surface area contributed by atoms with Crippen molar-refractivity contribution in [2.45, 2.75) is 38.8 Å². The first-order chi connectivity index (χ1) is 6.29. The number of rotatable bonds is 5. The first-order valence-electron chi connectivity index (χ1n) is 4.69. The zero-order valence-corrected chi connectivity index (χ0v) is 10.1. The summed E-state index contributed by atoms with van der Waals surface area (Å²) in [6.07, 6.45) is 2.20. The summed E-state index contributed by atoms with van der Waals surface area (Å²) in [6, 6.07) is -0.0947. The van der Waals surface area contributed by atoms with Crippen LogP contribution in [0.25, 0.3) is 0 Å². The van der Waals surface area contributed by atoms with Crippen LogP contribution in [0, 0.1) is 0 Å². The maximum atomic E-state index is 11.6. The quantitative estimate of drug-likeness (QED) is 0.685. The molecule has 0 fully saturated rings. The van der Waals surface area contributed by atoms with Gasteiger partial charge in [0.1, 0.15) is 0 Å². The third-order valence-electron chi connectivity index (χ3n) is 2.12. The molecule has 0 aliphatic rings. The molecule has 0 aromatic carbocycles. The molecule has 0 spiro atoms. The number of hydrogen-bond donors (Lipinski definition) is 2. The summed E-state index contributed by atoms with van der Waals surface area (Å²) in [5.74, 6) is 0.281. The highest BCUT2D eigenvalue weighted by molar-refractivity contribution is 7.84. The predicted octanol–water partition coefficient (Wildman–Crippen LogP) is -0.00300. The van der Waals surface area contributed by atoms with E-state index < -0.39 is 16.3 Å². The Labute approximate surface area is 88.1 Å². The number of hydrogen-bond acceptors (Lipinski definition) is 3. The molecule has 0 aliphatic carbocycles. The number of amides is 1. The van der Waals surface area contributed by atoms with Crippen molar-refractivity contribution in [1.82, 2.24) is 5.32 Å². The molecule has 84 valence electrons. The van der Waals surface area contributed by atoms with E-state index in [2.05, 4.69) is 5.32 Å². The summed E-state index contributed by atoms with van der Waals surface area (Å²) in [5, 5.41) is 2.75. The molecule has 0 heterocycles. The van der Waals surface area contributed by atoms with Gasteiger partial charge in [0.05, 0.1) is 5.54 Å². The molecule has 0 saturated carbocycles. The summed E-state index contributed by atoms with van der Waals surface area (Å²) in [5.41, 5.74) is 4.92. The van der Waals surface area contributed by atoms with Gasteiger partial charge in [-0.2, -0.15) is 0 Å². The fourth-order valence-corrected chi connectivity index (χ4v) is 1.73. The zero-order chi connectivity index (χ0) is 11.4. The molecule has 0 saturated heterocycles. The second-order valence-corrected chi connectivity index (χ2v) is 5.37. The molecular formula is C9H20N2O2S. The summed E-state index contributed by atoms with van der Waals surface area (Å²) < 4.78 is 10.9. The van der Waals surface area contributed by atoms with Crippen LogP contribution in [0.3, 0.4) is 0 Å². The van der Waals surface area contributed by atoms with Crippen molar-refractivity contribution in [3.8, 4) is 0 Å². The van der Waals surface area contributed by atoms with Crippen LogP contribution in [0.5, 0.6) is 0 Å². The first-order valence-corrected chi connectivity index (χ1v) is 6.42. The minimum Gasteiger partial charge on any atom is -0.351 e. The van der Waals surface area contributed by atoms with Crippen LogP contribution in [0.15, 0.2) is 0 Å². The van der Waals surface area contributed by atoms with Crippen LogP contribution in [0.2, 0.25) is 0 Å². The topological polar surface area (TPSA) is 72.2 Å². The van der Waals surface area contributed by atoms with Crippen molar-refractivity contribution in [1.29, 1.82) is 0 Å². The van der Waals surface area contributed by atoms with Gasteiger partial charge in [-0.15, -0.1) is 0 Å². The summed E-state index contributed by atoms with van der Waals surface area (Å²) in [7, 11) is -0.896. The summed E-state index contributed by atoms with van der Waals surface area (Å²) in [6.45, 7) is 5.38. The third kappa shape index (κ3) is 4.72. The lowest BCUT2D eigenvalue weighted by Crippen LogP contribution is -2.54. The molecule has 1 amide bonds. The van der Waals surface area contributed by atoms with Crippen LogP contribution in [-0.4, -0.2) is 33.7 Å². The maximum Gasteiger partial charge on any atom is 0.240 e. The van der Waals surface area contributed by atoms with Gasteiger partial charge in [0.15, 0.2) is 0 Å². The largest absolute Gasteiger partial charge is 0.351 e. The van der Waals surface area contributed by atoms with Gasteiger partial charge in [-0.25, -0.2) is 0 Å². The first kappa shape index (κ1) is 13.6. The Morgan fingerprint density at radius 2 is 2.14 bits per heavy atom. The van der Waals surface area contributed by atoms with Gasteiger partial charge in [-0.05, 0) is 20.3 Å². The zero-order valence-electron chi connectivity index (χ0n) is 9.29. The normalized spacial score (nSPS) is 19.5. The lowest BCUT2D eigenvalue weighted by molar-refractivity contribution is -0.126. The van der Waals surface area contributed by atoms with E-state index in [9.17, 15) is 9.00 Å². The second kappa shape index (κ2) is 5.46. The molecule has 0 aliphatic heterocycles. The fourth-order valence-electron chi connectivity index (χ4n) is 0.943. The molecule has 14 heavy (non-hydrogen) atoms. The van der Waals surface area contributed by atoms with Gasteiger partial charge in [-0.1, -0.05) is 6.92 Å². The highest BCUT2D eigenvalue weighted by Crippen LogP contribution is 2.04. The molecule has 4 nitrogen and oxygen atoms in total. The predicted molar refractivity (Wildman–Crippen MR) is 59.4 cm³/mol. The van der Waals surface area contributed by atoms with E-state index in [1.165, 1.54) is 0 Å². The third-order valence-corrected chi connectivity index (χ3v) is 3.08. The highest BCUT2D eigenvalue weighted by Gasteiger charge is 2.26. The lowest BCUT2D eigenvalue weighted by atomic mass is 9.99. The van der Waals surface area contributed by atoms with E-state index in [4.69, 9.17) is 5.73 Å². The van der Waals surface area contributed by atoms with E-state index in [1.54, 1.807) is 13.2 Å². The van der Waals surface area contributed by atoms with E-state index in [1.807, 2.05) is 13.8 Å². The molecule has 0 aromatic rings. The van der Waals surface area contributed by atoms with E-state index >= 15 is 0 Å². The number of nitrogens with two attached hydrogens (primary N) is 1. The Morgan fingerprint density at radius 1 is 1.64 bits per heavy atom. The minimum atomic E-state index is -0.896. The Morgan fingerprint density at radius 3 is 2.50 bits per heavy atom. The van der Waals surface area contributed by atoms with Gasteiger partial charge in [0, 0.05) is 28.9 Å². The van der Waals surface area contributed by atoms with Gasteiger partial charge in [0.2, 0.25) is 5.91 Å². The Bertz CT molecular complexity index is 229. The maximum absolute atomic E-state index is 11.6. The molecule has 3 N–H and O–H groups in total. The van der Waals surface area contributed by atoms with Crippen molar-refractivity contribution in [2.75, 3.05) is 12.0 Å². The molecule has 0 aromatic heterocycles. The van der Waals surface area contributed by atoms with Crippen molar-refractivity contribution >= 4 is 16.7 Å². The van der Waals surface area contributed by atoms with Gasteiger partial charge >= 0.3 is 0 Å². The van der Waals surface area contributed by atoms with E-state index in [0.29, 0.717) is 12.2 Å². The molecule has 0 bridgehead atoms. The molecular weight excluding hydrogens is 200 g/mol. The standard InChI is InChI=1S/C9H20N2O2S/c1-5-9(3,10)8(12)11-7(2)6-14(4)13/h7H,5-6,10H2,1-4H3,(H,11,12). The fraction of sp³-hybridized carbons (Fsp3) is 0.889. The van der Waals surface area contributed by atoms with Crippen LogP contribution >= 0.6 is 0 Å². The molecule has 5 heteroatoms. The second-order valence-electron chi connectivity index (χ2n) is 3.89. The number of carbonyl (C=O) groups is 1. The average molecular weight is 220 g/mol. The average Bonchev–Trinajstić information content (AvgIpc) is 2.02. The highest BCUT2D eigenvalue weighted by atomic mass is 32.2. The van der Waals surface area contributed by atoms with Crippen molar-refractivity contribution in [3.63, 3.8) is 0 Å². The lowest BCUT2D eigenvalue weighted by Gasteiger charge is -2.24. The van der Waals surface area contributed by atoms with Crippen molar-refractivity contribution in [2.24, 2.45) is 5.73 Å². The number of nitrogens with one attached hydrogen (secondary N) is 1. The summed E-state index contributed by atoms with van der Waals surface area (Å²) >= 11 is 0. The van der Waals surface area contributed by atoms with Crippen LogP contribution in [0.4, 0.5) is 0 Å².